The van der Waals surface area contributed by atoms with Crippen molar-refractivity contribution in [3.63, 3.8) is 0 Å². The van der Waals surface area contributed by atoms with Crippen LogP contribution in [0.25, 0.3) is 0 Å². The monoisotopic (exact) mass is 444 g/mol. The molecule has 1 aromatic heterocycles. The molecule has 2 aliphatic heterocycles. The minimum absolute atomic E-state index is 0.128. The van der Waals surface area contributed by atoms with Crippen molar-refractivity contribution in [2.45, 2.75) is 18.7 Å². The van der Waals surface area contributed by atoms with Crippen molar-refractivity contribution in [3.8, 4) is 5.75 Å². The van der Waals surface area contributed by atoms with Gasteiger partial charge in [-0.25, -0.2) is 5.01 Å². The quantitative estimate of drug-likeness (QED) is 0.455. The number of hydrogen-bond acceptors (Lipinski definition) is 4. The average molecular weight is 446 g/mol. The molecule has 0 saturated heterocycles. The van der Waals surface area contributed by atoms with Crippen LogP contribution in [-0.4, -0.2) is 10.7 Å². The van der Waals surface area contributed by atoms with E-state index in [9.17, 15) is 0 Å². The molecule has 0 amide bonds. The van der Waals surface area contributed by atoms with E-state index < -0.39 is 0 Å². The fourth-order valence-electron chi connectivity index (χ4n) is 3.50. The molecule has 0 unspecified atom stereocenters. The van der Waals surface area contributed by atoms with Gasteiger partial charge in [-0.3, -0.25) is 0 Å². The number of rotatable bonds is 2. The molecule has 6 heteroatoms. The van der Waals surface area contributed by atoms with Gasteiger partial charge in [0.25, 0.3) is 0 Å². The van der Waals surface area contributed by atoms with E-state index in [1.54, 1.807) is 11.3 Å². The lowest BCUT2D eigenvalue weighted by Crippen LogP contribution is -2.33. The fourth-order valence-corrected chi connectivity index (χ4v) is 4.66. The first-order valence-electron chi connectivity index (χ1n) is 8.30. The summed E-state index contributed by atoms with van der Waals surface area (Å²) in [7, 11) is 0. The van der Waals surface area contributed by atoms with Crippen molar-refractivity contribution in [2.24, 2.45) is 5.10 Å². The number of ether oxygens (including phenoxy) is 1. The highest BCUT2D eigenvalue weighted by Crippen LogP contribution is 2.48. The Kier molecular flexibility index (Phi) is 4.03. The predicted octanol–water partition coefficient (Wildman–Crippen LogP) is 6.41. The third-order valence-corrected chi connectivity index (χ3v) is 6.40. The Morgan fingerprint density at radius 3 is 2.77 bits per heavy atom. The second-order valence-corrected chi connectivity index (χ2v) is 8.63. The molecule has 3 aromatic rings. The van der Waals surface area contributed by atoms with Crippen molar-refractivity contribution in [2.75, 3.05) is 0 Å². The first kappa shape index (κ1) is 16.4. The summed E-state index contributed by atoms with van der Waals surface area (Å²) in [4.78, 5) is 1.21. The maximum Gasteiger partial charge on any atom is 0.213 e. The lowest BCUT2D eigenvalue weighted by molar-refractivity contribution is -0.0190. The second-order valence-electron chi connectivity index (χ2n) is 6.33. The highest BCUT2D eigenvalue weighted by molar-refractivity contribution is 9.10. The van der Waals surface area contributed by atoms with Crippen LogP contribution in [-0.2, 0) is 0 Å². The van der Waals surface area contributed by atoms with Crippen LogP contribution in [0.2, 0.25) is 5.02 Å². The summed E-state index contributed by atoms with van der Waals surface area (Å²) in [5.41, 5.74) is 3.28. The van der Waals surface area contributed by atoms with E-state index in [1.165, 1.54) is 4.88 Å². The fraction of sp³-hybridized carbons (Fsp3) is 0.150. The van der Waals surface area contributed by atoms with Gasteiger partial charge in [0.15, 0.2) is 0 Å². The maximum absolute atomic E-state index is 6.34. The Hall–Kier alpha value is -1.82. The van der Waals surface area contributed by atoms with Gasteiger partial charge in [0, 0.05) is 27.0 Å². The van der Waals surface area contributed by atoms with Gasteiger partial charge >= 0.3 is 0 Å². The molecule has 0 fully saturated rings. The lowest BCUT2D eigenvalue weighted by Gasteiger charge is -2.38. The summed E-state index contributed by atoms with van der Waals surface area (Å²) in [5, 5.41) is 9.83. The predicted molar refractivity (Wildman–Crippen MR) is 109 cm³/mol. The Bertz CT molecular complexity index is 988. The van der Waals surface area contributed by atoms with E-state index in [-0.39, 0.29) is 12.3 Å². The molecule has 5 rings (SSSR count). The number of thiophene rings is 1. The van der Waals surface area contributed by atoms with E-state index in [0.29, 0.717) is 0 Å². The Morgan fingerprint density at radius 2 is 2.00 bits per heavy atom. The summed E-state index contributed by atoms with van der Waals surface area (Å²) >= 11 is 11.5. The largest absolute Gasteiger partial charge is 0.464 e. The SMILES string of the molecule is Clc1ccc2c(c1)[C@@H]1CC(c3cccs3)=NN1[C@@H](c1ccc(Br)cc1)O2. The molecule has 3 heterocycles. The minimum Gasteiger partial charge on any atom is -0.464 e. The molecular formula is C20H14BrClN2OS. The van der Waals surface area contributed by atoms with E-state index in [2.05, 4.69) is 50.6 Å². The minimum atomic E-state index is -0.251. The summed E-state index contributed by atoms with van der Waals surface area (Å²) in [6, 6.07) is 18.4. The number of nitrogens with zero attached hydrogens (tertiary/aromatic N) is 2. The number of hydrogen-bond donors (Lipinski definition) is 0. The first-order chi connectivity index (χ1) is 12.7. The number of halogens is 2. The molecular weight excluding hydrogens is 432 g/mol. The van der Waals surface area contributed by atoms with E-state index in [4.69, 9.17) is 21.4 Å². The summed E-state index contributed by atoms with van der Waals surface area (Å²) in [6.07, 6.45) is 0.601. The van der Waals surface area contributed by atoms with Gasteiger partial charge in [-0.05, 0) is 41.8 Å². The molecule has 0 saturated carbocycles. The van der Waals surface area contributed by atoms with Gasteiger partial charge in [-0.15, -0.1) is 11.3 Å². The smallest absolute Gasteiger partial charge is 0.213 e. The summed E-state index contributed by atoms with van der Waals surface area (Å²) < 4.78 is 7.39. The van der Waals surface area contributed by atoms with Gasteiger partial charge in [0.05, 0.1) is 16.6 Å². The van der Waals surface area contributed by atoms with Crippen molar-refractivity contribution >= 4 is 44.6 Å². The molecule has 0 aliphatic carbocycles. The molecule has 2 aliphatic rings. The van der Waals surface area contributed by atoms with Crippen molar-refractivity contribution in [3.05, 3.63) is 85.5 Å². The lowest BCUT2D eigenvalue weighted by atomic mass is 9.97. The van der Waals surface area contributed by atoms with Crippen LogP contribution >= 0.6 is 38.9 Å². The Balaban J connectivity index is 1.61. The standard InChI is InChI=1S/C20H14BrClN2OS/c21-13-5-3-12(4-6-13)20-24-17(11-16(23-24)19-2-1-9-26-19)15-10-14(22)7-8-18(15)25-20/h1-10,17,20H,11H2/t17-,20+/m0/s1. The van der Waals surface area contributed by atoms with Crippen LogP contribution in [0, 0.1) is 0 Å². The first-order valence-corrected chi connectivity index (χ1v) is 10.4. The highest BCUT2D eigenvalue weighted by Gasteiger charge is 2.41. The number of fused-ring (bicyclic) bond motifs is 3. The zero-order valence-electron chi connectivity index (χ0n) is 13.6. The van der Waals surface area contributed by atoms with Gasteiger partial charge < -0.3 is 4.74 Å². The van der Waals surface area contributed by atoms with E-state index in [1.807, 2.05) is 30.3 Å². The van der Waals surface area contributed by atoms with Gasteiger partial charge in [0.1, 0.15) is 5.75 Å². The Labute approximate surface area is 169 Å². The Morgan fingerprint density at radius 1 is 1.15 bits per heavy atom. The normalized spacial score (nSPS) is 21.0. The molecule has 26 heavy (non-hydrogen) atoms. The van der Waals surface area contributed by atoms with Gasteiger partial charge in [-0.2, -0.15) is 5.10 Å². The highest BCUT2D eigenvalue weighted by atomic mass is 79.9. The second kappa shape index (κ2) is 6.41. The zero-order chi connectivity index (χ0) is 17.7. The average Bonchev–Trinajstić information content (AvgIpc) is 3.32. The number of benzene rings is 2. The third-order valence-electron chi connectivity index (χ3n) is 4.71. The van der Waals surface area contributed by atoms with Crippen LogP contribution in [0.4, 0.5) is 0 Å². The maximum atomic E-state index is 6.34. The van der Waals surface area contributed by atoms with Crippen LogP contribution < -0.4 is 4.74 Å². The van der Waals surface area contributed by atoms with Crippen molar-refractivity contribution < 1.29 is 4.74 Å². The van der Waals surface area contributed by atoms with E-state index in [0.717, 1.165) is 38.5 Å². The molecule has 2 aromatic carbocycles. The van der Waals surface area contributed by atoms with Crippen LogP contribution in [0.15, 0.2) is 69.6 Å². The van der Waals surface area contributed by atoms with Gasteiger partial charge in [0.2, 0.25) is 6.23 Å². The molecule has 0 N–H and O–H groups in total. The van der Waals surface area contributed by atoms with Crippen LogP contribution in [0.3, 0.4) is 0 Å². The summed E-state index contributed by atoms with van der Waals surface area (Å²) in [6.45, 7) is 0. The third kappa shape index (κ3) is 2.75. The molecule has 2 atom stereocenters. The van der Waals surface area contributed by atoms with E-state index >= 15 is 0 Å². The molecule has 0 bridgehead atoms. The zero-order valence-corrected chi connectivity index (χ0v) is 16.8. The molecule has 3 nitrogen and oxygen atoms in total. The van der Waals surface area contributed by atoms with Crippen molar-refractivity contribution in [1.82, 2.24) is 5.01 Å². The van der Waals surface area contributed by atoms with Crippen LogP contribution in [0.5, 0.6) is 5.75 Å². The van der Waals surface area contributed by atoms with Crippen molar-refractivity contribution in [1.29, 1.82) is 0 Å². The molecule has 0 spiro atoms. The topological polar surface area (TPSA) is 24.8 Å². The summed E-state index contributed by atoms with van der Waals surface area (Å²) in [5.74, 6) is 0.881. The van der Waals surface area contributed by atoms with Crippen LogP contribution in [0.1, 0.15) is 34.7 Å². The van der Waals surface area contributed by atoms with Gasteiger partial charge in [-0.1, -0.05) is 45.7 Å². The molecule has 0 radical (unpaired) electrons. The number of hydrazone groups is 1. The molecule has 130 valence electrons.